The average Bonchev–Trinajstić information content (AvgIpc) is 3.07. The van der Waals surface area contributed by atoms with Crippen LogP contribution in [0.2, 0.25) is 0 Å². The Hall–Kier alpha value is -2.41. The standard InChI is InChI=1S/C19H24N4O3/c1-22-17(12-24)20-21-18(22)15-4-2-8-23(11-15)19(25)14-6-7-16-13(10-14)5-3-9-26-16/h6-7,10,15,24H,2-5,8-9,11-12H2,1H3/t15-/m0/s1. The maximum atomic E-state index is 13.0. The lowest BCUT2D eigenvalue weighted by atomic mass is 9.96. The van der Waals surface area contributed by atoms with Crippen molar-refractivity contribution in [3.8, 4) is 5.75 Å². The van der Waals surface area contributed by atoms with Gasteiger partial charge in [-0.3, -0.25) is 4.79 Å². The number of aromatic nitrogens is 3. The van der Waals surface area contributed by atoms with Gasteiger partial charge in [0.05, 0.1) is 6.61 Å². The van der Waals surface area contributed by atoms with Crippen LogP contribution in [0.1, 0.15) is 52.8 Å². The van der Waals surface area contributed by atoms with Crippen molar-refractivity contribution in [1.82, 2.24) is 19.7 Å². The van der Waals surface area contributed by atoms with Gasteiger partial charge in [-0.05, 0) is 49.4 Å². The van der Waals surface area contributed by atoms with Crippen LogP contribution in [0.15, 0.2) is 18.2 Å². The summed E-state index contributed by atoms with van der Waals surface area (Å²) in [6.07, 6.45) is 3.86. The van der Waals surface area contributed by atoms with Crippen LogP contribution in [0.5, 0.6) is 5.75 Å². The predicted octanol–water partition coefficient (Wildman–Crippen LogP) is 1.65. The second-order valence-corrected chi connectivity index (χ2v) is 7.06. The Kier molecular flexibility index (Phi) is 4.63. The zero-order valence-electron chi connectivity index (χ0n) is 15.0. The molecule has 1 atom stereocenters. The molecule has 1 fully saturated rings. The number of likely N-dealkylation sites (tertiary alicyclic amines) is 1. The molecule has 1 amide bonds. The molecule has 1 aromatic heterocycles. The minimum atomic E-state index is -0.129. The summed E-state index contributed by atoms with van der Waals surface area (Å²) in [5.74, 6) is 2.50. The minimum absolute atomic E-state index is 0.0626. The first-order valence-corrected chi connectivity index (χ1v) is 9.21. The van der Waals surface area contributed by atoms with E-state index < -0.39 is 0 Å². The molecule has 2 aliphatic heterocycles. The van der Waals surface area contributed by atoms with Gasteiger partial charge in [-0.15, -0.1) is 10.2 Å². The van der Waals surface area contributed by atoms with Gasteiger partial charge in [-0.25, -0.2) is 0 Å². The molecule has 0 bridgehead atoms. The fourth-order valence-electron chi connectivity index (χ4n) is 3.92. The van der Waals surface area contributed by atoms with Gasteiger partial charge < -0.3 is 19.3 Å². The van der Waals surface area contributed by atoms with E-state index in [2.05, 4.69) is 10.2 Å². The second-order valence-electron chi connectivity index (χ2n) is 7.06. The Morgan fingerprint density at radius 2 is 2.23 bits per heavy atom. The molecule has 3 heterocycles. The highest BCUT2D eigenvalue weighted by Gasteiger charge is 2.29. The van der Waals surface area contributed by atoms with Crippen molar-refractivity contribution in [1.29, 1.82) is 0 Å². The average molecular weight is 356 g/mol. The van der Waals surface area contributed by atoms with Gasteiger partial charge in [0.15, 0.2) is 5.82 Å². The van der Waals surface area contributed by atoms with Crippen molar-refractivity contribution in [2.45, 2.75) is 38.2 Å². The number of aryl methyl sites for hydroxylation is 1. The topological polar surface area (TPSA) is 80.5 Å². The Bertz CT molecular complexity index is 817. The number of hydrogen-bond acceptors (Lipinski definition) is 5. The molecule has 1 aromatic carbocycles. The Morgan fingerprint density at radius 3 is 3.04 bits per heavy atom. The van der Waals surface area contributed by atoms with Gasteiger partial charge in [0, 0.05) is 31.6 Å². The summed E-state index contributed by atoms with van der Waals surface area (Å²) in [5.41, 5.74) is 1.85. The van der Waals surface area contributed by atoms with Crippen LogP contribution < -0.4 is 4.74 Å². The van der Waals surface area contributed by atoms with Crippen molar-refractivity contribution in [3.05, 3.63) is 41.0 Å². The molecule has 0 unspecified atom stereocenters. The molecule has 7 heteroatoms. The maximum Gasteiger partial charge on any atom is 0.253 e. The third kappa shape index (κ3) is 3.07. The maximum absolute atomic E-state index is 13.0. The summed E-state index contributed by atoms with van der Waals surface area (Å²) in [6.45, 7) is 2.01. The van der Waals surface area contributed by atoms with E-state index in [-0.39, 0.29) is 18.4 Å². The van der Waals surface area contributed by atoms with Gasteiger partial charge in [0.25, 0.3) is 5.91 Å². The van der Waals surface area contributed by atoms with Gasteiger partial charge in [-0.2, -0.15) is 0 Å². The van der Waals surface area contributed by atoms with E-state index in [4.69, 9.17) is 4.74 Å². The summed E-state index contributed by atoms with van der Waals surface area (Å²) < 4.78 is 7.48. The van der Waals surface area contributed by atoms with Crippen LogP contribution >= 0.6 is 0 Å². The highest BCUT2D eigenvalue weighted by atomic mass is 16.5. The molecule has 0 radical (unpaired) electrons. The number of carbonyl (C=O) groups excluding carboxylic acids is 1. The molecule has 1 saturated heterocycles. The van der Waals surface area contributed by atoms with Crippen molar-refractivity contribution >= 4 is 5.91 Å². The lowest BCUT2D eigenvalue weighted by molar-refractivity contribution is 0.0703. The molecule has 0 aliphatic carbocycles. The summed E-state index contributed by atoms with van der Waals surface area (Å²) >= 11 is 0. The van der Waals surface area contributed by atoms with Crippen LogP contribution in [-0.4, -0.2) is 50.4 Å². The summed E-state index contributed by atoms with van der Waals surface area (Å²) in [6, 6.07) is 5.76. The third-order valence-electron chi connectivity index (χ3n) is 5.37. The van der Waals surface area contributed by atoms with E-state index in [0.29, 0.717) is 12.4 Å². The fraction of sp³-hybridized carbons (Fsp3) is 0.526. The minimum Gasteiger partial charge on any atom is -0.493 e. The molecular weight excluding hydrogens is 332 g/mol. The lowest BCUT2D eigenvalue weighted by Gasteiger charge is -2.32. The van der Waals surface area contributed by atoms with Crippen LogP contribution in [0, 0.1) is 0 Å². The van der Waals surface area contributed by atoms with Gasteiger partial charge in [0.2, 0.25) is 0 Å². The molecule has 0 saturated carbocycles. The van der Waals surface area contributed by atoms with Gasteiger partial charge >= 0.3 is 0 Å². The van der Waals surface area contributed by atoms with Crippen LogP contribution in [-0.2, 0) is 20.1 Å². The number of rotatable bonds is 3. The number of carbonyl (C=O) groups is 1. The molecule has 26 heavy (non-hydrogen) atoms. The number of hydrogen-bond donors (Lipinski definition) is 1. The number of ether oxygens (including phenoxy) is 1. The van der Waals surface area contributed by atoms with E-state index in [1.54, 1.807) is 0 Å². The third-order valence-corrected chi connectivity index (χ3v) is 5.37. The first kappa shape index (κ1) is 17.0. The van der Waals surface area contributed by atoms with E-state index in [0.717, 1.165) is 61.5 Å². The highest BCUT2D eigenvalue weighted by Crippen LogP contribution is 2.29. The molecular formula is C19H24N4O3. The first-order valence-electron chi connectivity index (χ1n) is 9.21. The molecule has 7 nitrogen and oxygen atoms in total. The van der Waals surface area contributed by atoms with Crippen LogP contribution in [0.3, 0.4) is 0 Å². The zero-order valence-corrected chi connectivity index (χ0v) is 15.0. The van der Waals surface area contributed by atoms with Crippen molar-refractivity contribution < 1.29 is 14.6 Å². The largest absolute Gasteiger partial charge is 0.493 e. The van der Waals surface area contributed by atoms with Gasteiger partial charge in [-0.1, -0.05) is 0 Å². The monoisotopic (exact) mass is 356 g/mol. The number of fused-ring (bicyclic) bond motifs is 1. The number of aliphatic hydroxyl groups is 1. The Balaban J connectivity index is 1.52. The second kappa shape index (κ2) is 7.07. The van der Waals surface area contributed by atoms with Gasteiger partial charge in [0.1, 0.15) is 18.2 Å². The molecule has 2 aromatic rings. The highest BCUT2D eigenvalue weighted by molar-refractivity contribution is 5.94. The van der Waals surface area contributed by atoms with Crippen molar-refractivity contribution in [2.75, 3.05) is 19.7 Å². The summed E-state index contributed by atoms with van der Waals surface area (Å²) in [7, 11) is 1.87. The fourth-order valence-corrected chi connectivity index (χ4v) is 3.92. The number of nitrogens with zero attached hydrogens (tertiary/aromatic N) is 4. The molecule has 4 rings (SSSR count). The summed E-state index contributed by atoms with van der Waals surface area (Å²) in [5, 5.41) is 17.6. The van der Waals surface area contributed by atoms with Crippen LogP contribution in [0.25, 0.3) is 0 Å². The number of amides is 1. The van der Waals surface area contributed by atoms with Crippen LogP contribution in [0.4, 0.5) is 0 Å². The quantitative estimate of drug-likeness (QED) is 0.904. The zero-order chi connectivity index (χ0) is 18.1. The lowest BCUT2D eigenvalue weighted by Crippen LogP contribution is -2.39. The van der Waals surface area contributed by atoms with E-state index in [1.165, 1.54) is 0 Å². The predicted molar refractivity (Wildman–Crippen MR) is 95.1 cm³/mol. The normalized spacial score (nSPS) is 19.8. The number of aliphatic hydroxyl groups excluding tert-OH is 1. The van der Waals surface area contributed by atoms with E-state index in [9.17, 15) is 9.90 Å². The molecule has 0 spiro atoms. The van der Waals surface area contributed by atoms with Crippen molar-refractivity contribution in [3.63, 3.8) is 0 Å². The Labute approximate surface area is 152 Å². The molecule has 1 N–H and O–H groups in total. The van der Waals surface area contributed by atoms with E-state index in [1.807, 2.05) is 34.7 Å². The molecule has 2 aliphatic rings. The van der Waals surface area contributed by atoms with E-state index >= 15 is 0 Å². The SMILES string of the molecule is Cn1c(CO)nnc1[C@H]1CCCN(C(=O)c2ccc3c(c2)CCCO3)C1. The Morgan fingerprint density at radius 1 is 1.35 bits per heavy atom. The smallest absolute Gasteiger partial charge is 0.253 e. The van der Waals surface area contributed by atoms with Crippen molar-refractivity contribution in [2.24, 2.45) is 7.05 Å². The first-order chi connectivity index (χ1) is 12.7. The summed E-state index contributed by atoms with van der Waals surface area (Å²) in [4.78, 5) is 14.9. The number of piperidine rings is 1. The number of benzene rings is 1. The molecule has 138 valence electrons.